The normalized spacial score (nSPS) is 11.8. The number of hydrazine groups is 1. The smallest absolute Gasteiger partial charge is 0.403 e. The second-order valence-electron chi connectivity index (χ2n) is 4.60. The molecule has 0 radical (unpaired) electrons. The van der Waals surface area contributed by atoms with Crippen LogP contribution >= 0.6 is 31.9 Å². The van der Waals surface area contributed by atoms with Crippen LogP contribution in [0.25, 0.3) is 0 Å². The third kappa shape index (κ3) is 6.16. The van der Waals surface area contributed by atoms with Crippen LogP contribution in [0.5, 0.6) is 11.5 Å². The topological polar surface area (TPSA) is 42.5 Å². The number of alkyl halides is 6. The molecular weight excluding hydrogens is 502 g/mol. The average molecular weight is 510 g/mol. The number of rotatable bonds is 5. The summed E-state index contributed by atoms with van der Waals surface area (Å²) < 4.78 is 83.2. The van der Waals surface area contributed by atoms with E-state index in [9.17, 15) is 26.3 Å². The predicted molar refractivity (Wildman–Crippen MR) is 88.9 cm³/mol. The van der Waals surface area contributed by atoms with Crippen molar-refractivity contribution in [3.63, 3.8) is 0 Å². The standard InChI is InChI=1S/C14H8Br2F6N2O2/c15-7-4-5-9(11(6-7)26-14(20,21)22)23-24-12-8(16)2-1-3-10(12)25-13(17,18)19/h1-6,23-24H. The maximum atomic E-state index is 12.5. The van der Waals surface area contributed by atoms with E-state index in [1.54, 1.807) is 0 Å². The molecule has 0 bridgehead atoms. The summed E-state index contributed by atoms with van der Waals surface area (Å²) in [6.45, 7) is 0. The highest BCUT2D eigenvalue weighted by molar-refractivity contribution is 9.10. The number of ether oxygens (including phenoxy) is 2. The number of hydrogen-bond donors (Lipinski definition) is 2. The minimum Gasteiger partial charge on any atom is -0.403 e. The quantitative estimate of drug-likeness (QED) is 0.359. The summed E-state index contributed by atoms with van der Waals surface area (Å²) in [7, 11) is 0. The number of anilines is 2. The van der Waals surface area contributed by atoms with E-state index in [2.05, 4.69) is 52.2 Å². The Morgan fingerprint density at radius 2 is 1.38 bits per heavy atom. The molecule has 2 N–H and O–H groups in total. The van der Waals surface area contributed by atoms with E-state index >= 15 is 0 Å². The maximum absolute atomic E-state index is 12.5. The minimum atomic E-state index is -4.95. The van der Waals surface area contributed by atoms with E-state index in [-0.39, 0.29) is 15.8 Å². The molecule has 0 spiro atoms. The van der Waals surface area contributed by atoms with Gasteiger partial charge in [0, 0.05) is 8.95 Å². The van der Waals surface area contributed by atoms with Gasteiger partial charge >= 0.3 is 12.7 Å². The van der Waals surface area contributed by atoms with Gasteiger partial charge in [-0.2, -0.15) is 0 Å². The van der Waals surface area contributed by atoms with Crippen molar-refractivity contribution in [2.75, 3.05) is 10.9 Å². The van der Waals surface area contributed by atoms with Crippen molar-refractivity contribution < 1.29 is 35.8 Å². The Balaban J connectivity index is 2.27. The Labute approximate surface area is 159 Å². The fourth-order valence-electron chi connectivity index (χ4n) is 1.77. The molecule has 0 aliphatic rings. The Morgan fingerprint density at radius 3 is 2.00 bits per heavy atom. The van der Waals surface area contributed by atoms with Crippen LogP contribution < -0.4 is 20.3 Å². The molecule has 0 aliphatic carbocycles. The first-order chi connectivity index (χ1) is 11.9. The zero-order chi connectivity index (χ0) is 19.5. The maximum Gasteiger partial charge on any atom is 0.573 e. The van der Waals surface area contributed by atoms with E-state index in [1.807, 2.05) is 0 Å². The molecule has 0 saturated carbocycles. The van der Waals surface area contributed by atoms with E-state index in [4.69, 9.17) is 0 Å². The van der Waals surface area contributed by atoms with Gasteiger partial charge in [0.15, 0.2) is 11.5 Å². The SMILES string of the molecule is FC(F)(F)Oc1cc(Br)ccc1NNc1c(Br)cccc1OC(F)(F)F. The lowest BCUT2D eigenvalue weighted by atomic mass is 10.3. The van der Waals surface area contributed by atoms with Gasteiger partial charge < -0.3 is 9.47 Å². The van der Waals surface area contributed by atoms with Gasteiger partial charge in [-0.25, -0.2) is 0 Å². The van der Waals surface area contributed by atoms with Crippen molar-refractivity contribution in [2.45, 2.75) is 12.7 Å². The molecule has 0 unspecified atom stereocenters. The summed E-state index contributed by atoms with van der Waals surface area (Å²) in [5, 5.41) is 0. The highest BCUT2D eigenvalue weighted by atomic mass is 79.9. The molecular formula is C14H8Br2F6N2O2. The van der Waals surface area contributed by atoms with Gasteiger partial charge in [-0.3, -0.25) is 10.9 Å². The van der Waals surface area contributed by atoms with Crippen LogP contribution in [0.1, 0.15) is 0 Å². The third-order valence-electron chi connectivity index (χ3n) is 2.69. The lowest BCUT2D eigenvalue weighted by Crippen LogP contribution is -2.21. The van der Waals surface area contributed by atoms with E-state index in [0.717, 1.165) is 12.1 Å². The zero-order valence-corrected chi connectivity index (χ0v) is 15.5. The summed E-state index contributed by atoms with van der Waals surface area (Å²) in [6.07, 6.45) is -9.89. The molecule has 2 aromatic rings. The van der Waals surface area contributed by atoms with Gasteiger partial charge in [0.1, 0.15) is 5.69 Å². The van der Waals surface area contributed by atoms with E-state index < -0.39 is 24.2 Å². The van der Waals surface area contributed by atoms with Crippen LogP contribution in [0.4, 0.5) is 37.7 Å². The van der Waals surface area contributed by atoms with Gasteiger partial charge in [-0.15, -0.1) is 26.3 Å². The zero-order valence-electron chi connectivity index (χ0n) is 12.3. The second kappa shape index (κ2) is 7.82. The summed E-state index contributed by atoms with van der Waals surface area (Å²) in [5.74, 6) is -1.18. The van der Waals surface area contributed by atoms with E-state index in [1.165, 1.54) is 24.3 Å². The highest BCUT2D eigenvalue weighted by Gasteiger charge is 2.33. The molecule has 142 valence electrons. The summed E-state index contributed by atoms with van der Waals surface area (Å²) in [4.78, 5) is 0. The minimum absolute atomic E-state index is 0.167. The first-order valence-corrected chi connectivity index (χ1v) is 8.15. The van der Waals surface area contributed by atoms with Gasteiger partial charge in [0.2, 0.25) is 0 Å². The van der Waals surface area contributed by atoms with Crippen LogP contribution in [-0.4, -0.2) is 12.7 Å². The first kappa shape index (κ1) is 20.5. The second-order valence-corrected chi connectivity index (χ2v) is 6.37. The van der Waals surface area contributed by atoms with Crippen LogP contribution in [0.3, 0.4) is 0 Å². The fraction of sp³-hybridized carbons (Fsp3) is 0.143. The summed E-state index contributed by atoms with van der Waals surface area (Å²) >= 11 is 6.05. The number of para-hydroxylation sites is 1. The molecule has 0 aliphatic heterocycles. The lowest BCUT2D eigenvalue weighted by molar-refractivity contribution is -0.275. The van der Waals surface area contributed by atoms with Crippen LogP contribution in [0.15, 0.2) is 45.3 Å². The first-order valence-electron chi connectivity index (χ1n) is 6.56. The Kier molecular flexibility index (Phi) is 6.17. The van der Waals surface area contributed by atoms with Crippen molar-refractivity contribution in [2.24, 2.45) is 0 Å². The summed E-state index contributed by atoms with van der Waals surface area (Å²) in [6, 6.07) is 7.46. The van der Waals surface area contributed by atoms with Crippen LogP contribution in [0, 0.1) is 0 Å². The molecule has 2 rings (SSSR count). The van der Waals surface area contributed by atoms with Crippen LogP contribution in [-0.2, 0) is 0 Å². The Bertz CT molecular complexity index is 783. The van der Waals surface area contributed by atoms with Crippen molar-refractivity contribution in [1.82, 2.24) is 0 Å². The van der Waals surface area contributed by atoms with E-state index in [0.29, 0.717) is 4.47 Å². The third-order valence-corrected chi connectivity index (χ3v) is 3.85. The lowest BCUT2D eigenvalue weighted by Gasteiger charge is -2.19. The van der Waals surface area contributed by atoms with Crippen LogP contribution in [0.2, 0.25) is 0 Å². The Morgan fingerprint density at radius 1 is 0.769 bits per heavy atom. The molecule has 12 heteroatoms. The molecule has 2 aromatic carbocycles. The molecule has 0 heterocycles. The molecule has 0 amide bonds. The van der Waals surface area contributed by atoms with Crippen molar-refractivity contribution >= 4 is 43.2 Å². The number of halogens is 8. The fourth-order valence-corrected chi connectivity index (χ4v) is 2.56. The molecule has 0 aromatic heterocycles. The molecule has 0 saturated heterocycles. The monoisotopic (exact) mass is 508 g/mol. The van der Waals surface area contributed by atoms with Crippen molar-refractivity contribution in [3.8, 4) is 11.5 Å². The van der Waals surface area contributed by atoms with Gasteiger partial charge in [-0.1, -0.05) is 22.0 Å². The predicted octanol–water partition coefficient (Wildman–Crippen LogP) is 6.45. The van der Waals surface area contributed by atoms with Crippen molar-refractivity contribution in [1.29, 1.82) is 0 Å². The number of nitrogens with one attached hydrogen (secondary N) is 2. The average Bonchev–Trinajstić information content (AvgIpc) is 2.45. The number of hydrogen-bond acceptors (Lipinski definition) is 4. The summed E-state index contributed by atoms with van der Waals surface area (Å²) in [5.41, 5.74) is 4.41. The molecule has 0 atom stereocenters. The molecule has 26 heavy (non-hydrogen) atoms. The van der Waals surface area contributed by atoms with Crippen molar-refractivity contribution in [3.05, 3.63) is 45.3 Å². The van der Waals surface area contributed by atoms with Gasteiger partial charge in [-0.05, 0) is 46.3 Å². The largest absolute Gasteiger partial charge is 0.573 e. The number of benzene rings is 2. The highest BCUT2D eigenvalue weighted by Crippen LogP contribution is 2.37. The molecule has 0 fully saturated rings. The molecule has 4 nitrogen and oxygen atoms in total. The van der Waals surface area contributed by atoms with Gasteiger partial charge in [0.25, 0.3) is 0 Å². The van der Waals surface area contributed by atoms with Gasteiger partial charge in [0.05, 0.1) is 5.69 Å². The Hall–Kier alpha value is -1.82.